The maximum atomic E-state index is 12.1. The zero-order chi connectivity index (χ0) is 32.6. The van der Waals surface area contributed by atoms with E-state index in [0.717, 1.165) is 11.1 Å². The summed E-state index contributed by atoms with van der Waals surface area (Å²) in [7, 11) is -12.7. The molecule has 2 aromatic rings. The Hall–Kier alpha value is -1.84. The molecule has 0 radical (unpaired) electrons. The van der Waals surface area contributed by atoms with Crippen molar-refractivity contribution in [3.63, 3.8) is 0 Å². The van der Waals surface area contributed by atoms with Crippen molar-refractivity contribution in [2.24, 2.45) is 0 Å². The van der Waals surface area contributed by atoms with Crippen LogP contribution in [0.2, 0.25) is 0 Å². The van der Waals surface area contributed by atoms with Crippen molar-refractivity contribution in [2.45, 2.75) is 97.7 Å². The molecular formula is C29H44O10S4. The first-order valence-corrected chi connectivity index (χ1v) is 21.2. The van der Waals surface area contributed by atoms with Gasteiger partial charge >= 0.3 is 0 Å². The second-order valence-electron chi connectivity index (χ2n) is 11.4. The van der Waals surface area contributed by atoms with Crippen LogP contribution in [0.4, 0.5) is 0 Å². The molecule has 0 amide bonds. The van der Waals surface area contributed by atoms with Gasteiger partial charge in [0.1, 0.15) is 19.7 Å². The Morgan fingerprint density at radius 3 is 1.26 bits per heavy atom. The maximum absolute atomic E-state index is 12.1. The van der Waals surface area contributed by atoms with Gasteiger partial charge in [0.25, 0.3) is 10.1 Å². The van der Waals surface area contributed by atoms with Crippen molar-refractivity contribution in [2.75, 3.05) is 18.8 Å². The number of aryl methyl sites for hydroxylation is 2. The summed E-state index contributed by atoms with van der Waals surface area (Å²) in [6, 6.07) is 13.3. The van der Waals surface area contributed by atoms with Gasteiger partial charge in [0.15, 0.2) is 9.84 Å². The van der Waals surface area contributed by atoms with E-state index in [1.165, 1.54) is 30.9 Å². The molecular weight excluding hydrogens is 637 g/mol. The van der Waals surface area contributed by atoms with Gasteiger partial charge in [-0.15, -0.1) is 0 Å². The van der Waals surface area contributed by atoms with Gasteiger partial charge < -0.3 is 5.11 Å². The molecule has 2 aliphatic rings. The van der Waals surface area contributed by atoms with Gasteiger partial charge in [-0.1, -0.05) is 35.4 Å². The fourth-order valence-corrected chi connectivity index (χ4v) is 8.77. The van der Waals surface area contributed by atoms with Crippen molar-refractivity contribution >= 4 is 39.6 Å². The van der Waals surface area contributed by atoms with Gasteiger partial charge in [0, 0.05) is 18.8 Å². The molecule has 0 bridgehead atoms. The van der Waals surface area contributed by atoms with Crippen molar-refractivity contribution in [1.82, 2.24) is 0 Å². The third-order valence-corrected chi connectivity index (χ3v) is 13.4. The Morgan fingerprint density at radius 1 is 0.558 bits per heavy atom. The molecule has 244 valence electrons. The second kappa shape index (κ2) is 15.4. The van der Waals surface area contributed by atoms with E-state index in [2.05, 4.69) is 0 Å². The maximum Gasteiger partial charge on any atom is 0.297 e. The lowest BCUT2D eigenvalue weighted by molar-refractivity contribution is 0.131. The highest BCUT2D eigenvalue weighted by Crippen LogP contribution is 2.28. The van der Waals surface area contributed by atoms with Crippen molar-refractivity contribution in [3.8, 4) is 0 Å². The molecule has 14 heteroatoms. The summed E-state index contributed by atoms with van der Waals surface area (Å²) in [5.41, 5.74) is 2.04. The Morgan fingerprint density at radius 2 is 0.907 bits per heavy atom. The minimum absolute atomic E-state index is 0.137. The molecule has 2 aromatic carbocycles. The molecule has 0 heterocycles. The number of rotatable bonds is 6. The summed E-state index contributed by atoms with van der Waals surface area (Å²) >= 11 is 0. The summed E-state index contributed by atoms with van der Waals surface area (Å²) in [6.07, 6.45) is 7.32. The summed E-state index contributed by atoms with van der Waals surface area (Å²) in [4.78, 5) is 0.515. The van der Waals surface area contributed by atoms with Crippen LogP contribution in [0.5, 0.6) is 0 Å². The van der Waals surface area contributed by atoms with Crippen molar-refractivity contribution in [1.29, 1.82) is 0 Å². The highest BCUT2D eigenvalue weighted by Gasteiger charge is 2.31. The summed E-state index contributed by atoms with van der Waals surface area (Å²) in [6.45, 7) is 3.80. The van der Waals surface area contributed by atoms with Crippen LogP contribution in [0.3, 0.4) is 0 Å². The van der Waals surface area contributed by atoms with Gasteiger partial charge in [-0.05, 0) is 89.5 Å². The predicted molar refractivity (Wildman–Crippen MR) is 168 cm³/mol. The Labute approximate surface area is 257 Å². The molecule has 0 aromatic heterocycles. The monoisotopic (exact) mass is 680 g/mol. The Kier molecular flexibility index (Phi) is 13.4. The van der Waals surface area contributed by atoms with Crippen LogP contribution in [0.1, 0.15) is 62.5 Å². The molecule has 1 N–H and O–H groups in total. The Bertz CT molecular complexity index is 1600. The predicted octanol–water partition coefficient (Wildman–Crippen LogP) is 3.79. The molecule has 2 fully saturated rings. The number of hydrogen-bond donors (Lipinski definition) is 1. The number of sulfone groups is 3. The van der Waals surface area contributed by atoms with E-state index in [-0.39, 0.29) is 21.5 Å². The number of hydrogen-bond acceptors (Lipinski definition) is 10. The van der Waals surface area contributed by atoms with Crippen LogP contribution in [0, 0.1) is 13.8 Å². The van der Waals surface area contributed by atoms with Crippen LogP contribution in [-0.2, 0) is 43.8 Å². The van der Waals surface area contributed by atoms with Gasteiger partial charge in [-0.25, -0.2) is 25.3 Å². The average molecular weight is 681 g/mol. The lowest BCUT2D eigenvalue weighted by atomic mass is 9.97. The fourth-order valence-electron chi connectivity index (χ4n) is 4.76. The smallest absolute Gasteiger partial charge is 0.297 e. The lowest BCUT2D eigenvalue weighted by Gasteiger charge is -2.26. The highest BCUT2D eigenvalue weighted by atomic mass is 32.2. The molecule has 0 unspecified atom stereocenters. The quantitative estimate of drug-likeness (QED) is 0.444. The molecule has 2 aliphatic carbocycles. The summed E-state index contributed by atoms with van der Waals surface area (Å²) in [5.74, 6) is 0. The molecule has 0 aliphatic heterocycles. The standard InChI is InChI=1S/C14H20O5S2.C8H10O2S.C7H14O3S/c1-11-3-7-14(8-4-11)21(17,18)19-12-5-9-13(10-6-12)20(2,15)16;1-7-3-5-8(6-4-7)11(2,9)10;1-11(9,10)7-4-2-6(8)3-5-7/h3-4,7-8,12-13H,5-6,9-10H2,1-2H3;3-6H,1-2H3;6-8H,2-5H2,1H3. The van der Waals surface area contributed by atoms with Gasteiger partial charge in [0.05, 0.1) is 32.5 Å². The Balaban J connectivity index is 0.000000247. The van der Waals surface area contributed by atoms with E-state index >= 15 is 0 Å². The molecule has 43 heavy (non-hydrogen) atoms. The van der Waals surface area contributed by atoms with Gasteiger partial charge in [-0.3, -0.25) is 4.18 Å². The van der Waals surface area contributed by atoms with E-state index < -0.39 is 45.7 Å². The first-order chi connectivity index (χ1) is 19.7. The third-order valence-electron chi connectivity index (χ3n) is 7.50. The van der Waals surface area contributed by atoms with Crippen LogP contribution < -0.4 is 0 Å². The van der Waals surface area contributed by atoms with E-state index in [0.29, 0.717) is 56.3 Å². The molecule has 10 nitrogen and oxygen atoms in total. The minimum atomic E-state index is -3.78. The molecule has 2 saturated carbocycles. The third kappa shape index (κ3) is 13.0. The van der Waals surface area contributed by atoms with E-state index in [9.17, 15) is 33.7 Å². The number of aliphatic hydroxyl groups is 1. The molecule has 4 rings (SSSR count). The van der Waals surface area contributed by atoms with Crippen LogP contribution in [-0.4, -0.2) is 80.3 Å². The highest BCUT2D eigenvalue weighted by molar-refractivity contribution is 7.91. The molecule has 0 atom stereocenters. The fraction of sp³-hybridized carbons (Fsp3) is 0.586. The van der Waals surface area contributed by atoms with Crippen LogP contribution in [0.15, 0.2) is 58.3 Å². The van der Waals surface area contributed by atoms with E-state index in [1.54, 1.807) is 36.4 Å². The zero-order valence-corrected chi connectivity index (χ0v) is 28.6. The lowest BCUT2D eigenvalue weighted by Crippen LogP contribution is -2.31. The minimum Gasteiger partial charge on any atom is -0.393 e. The SMILES string of the molecule is CS(=O)(=O)C1CCC(O)CC1.Cc1ccc(S(=O)(=O)OC2CCC(S(C)(=O)=O)CC2)cc1.Cc1ccc(S(C)(=O)=O)cc1. The molecule has 0 saturated heterocycles. The van der Waals surface area contributed by atoms with Gasteiger partial charge in [0.2, 0.25) is 0 Å². The number of aliphatic hydroxyl groups excluding tert-OH is 1. The van der Waals surface area contributed by atoms with Crippen LogP contribution >= 0.6 is 0 Å². The largest absolute Gasteiger partial charge is 0.393 e. The zero-order valence-electron chi connectivity index (χ0n) is 25.3. The van der Waals surface area contributed by atoms with Gasteiger partial charge in [-0.2, -0.15) is 8.42 Å². The second-order valence-corrected chi connectivity index (χ2v) is 19.7. The van der Waals surface area contributed by atoms with E-state index in [4.69, 9.17) is 9.29 Å². The van der Waals surface area contributed by atoms with Crippen molar-refractivity contribution < 1.29 is 43.0 Å². The van der Waals surface area contributed by atoms with Crippen LogP contribution in [0.25, 0.3) is 0 Å². The number of benzene rings is 2. The van der Waals surface area contributed by atoms with Crippen molar-refractivity contribution in [3.05, 3.63) is 59.7 Å². The average Bonchev–Trinajstić information content (AvgIpc) is 2.89. The first-order valence-electron chi connectivity index (χ1n) is 14.0. The topological polar surface area (TPSA) is 166 Å². The first kappa shape index (κ1) is 37.3. The summed E-state index contributed by atoms with van der Waals surface area (Å²) in [5, 5.41) is 8.52. The molecule has 0 spiro atoms. The summed E-state index contributed by atoms with van der Waals surface area (Å²) < 4.78 is 96.4. The normalized spacial score (nSPS) is 23.2. The van der Waals surface area contributed by atoms with E-state index in [1.807, 2.05) is 13.8 Å².